The Labute approximate surface area is 165 Å². The highest BCUT2D eigenvalue weighted by molar-refractivity contribution is 5.85. The molecule has 2 fully saturated rings. The van der Waals surface area contributed by atoms with Crippen molar-refractivity contribution < 1.29 is 9.21 Å². The predicted molar refractivity (Wildman–Crippen MR) is 107 cm³/mol. The Morgan fingerprint density at radius 2 is 1.88 bits per heavy atom. The summed E-state index contributed by atoms with van der Waals surface area (Å²) in [5.41, 5.74) is 7.51. The summed E-state index contributed by atoms with van der Waals surface area (Å²) in [6.07, 6.45) is 3.21. The van der Waals surface area contributed by atoms with Gasteiger partial charge >= 0.3 is 0 Å². The van der Waals surface area contributed by atoms with E-state index in [1.807, 2.05) is 29.2 Å². The molecule has 6 nitrogen and oxygen atoms in total. The van der Waals surface area contributed by atoms with E-state index in [2.05, 4.69) is 9.88 Å². The van der Waals surface area contributed by atoms with Crippen LogP contribution in [-0.2, 0) is 4.79 Å². The number of benzene rings is 1. The molecule has 2 aliphatic rings. The molecule has 1 saturated carbocycles. The average molecular weight is 401 g/mol. The molecule has 0 radical (unpaired) electrons. The van der Waals surface area contributed by atoms with Crippen molar-refractivity contribution in [1.29, 1.82) is 0 Å². The predicted octanol–water partition coefficient (Wildman–Crippen LogP) is 2.70. The van der Waals surface area contributed by atoms with E-state index in [0.29, 0.717) is 24.4 Å². The Morgan fingerprint density at radius 3 is 2.58 bits per heavy atom. The number of oxazole rings is 1. The van der Waals surface area contributed by atoms with Crippen LogP contribution in [-0.4, -0.2) is 48.5 Å². The Kier molecular flexibility index (Phi) is 7.15. The van der Waals surface area contributed by atoms with E-state index in [0.717, 1.165) is 56.5 Å². The number of para-hydroxylation sites is 2. The maximum atomic E-state index is 12.8. The molecule has 1 saturated heterocycles. The lowest BCUT2D eigenvalue weighted by atomic mass is 9.94. The summed E-state index contributed by atoms with van der Waals surface area (Å²) in [5, 5.41) is 0. The van der Waals surface area contributed by atoms with E-state index in [9.17, 15) is 4.79 Å². The zero-order valence-electron chi connectivity index (χ0n) is 14.7. The van der Waals surface area contributed by atoms with Crippen molar-refractivity contribution in [2.45, 2.75) is 19.3 Å². The normalized spacial score (nSPS) is 22.8. The molecule has 0 unspecified atom stereocenters. The topological polar surface area (TPSA) is 75.6 Å². The summed E-state index contributed by atoms with van der Waals surface area (Å²) in [4.78, 5) is 21.4. The summed E-state index contributed by atoms with van der Waals surface area (Å²) in [6.45, 7) is 3.60. The molecule has 1 aliphatic heterocycles. The first-order valence-corrected chi connectivity index (χ1v) is 8.85. The van der Waals surface area contributed by atoms with Crippen LogP contribution in [0.1, 0.15) is 19.3 Å². The monoisotopic (exact) mass is 400 g/mol. The molecule has 8 heteroatoms. The third kappa shape index (κ3) is 3.92. The van der Waals surface area contributed by atoms with Crippen LogP contribution in [0.5, 0.6) is 0 Å². The van der Waals surface area contributed by atoms with E-state index >= 15 is 0 Å². The van der Waals surface area contributed by atoms with Gasteiger partial charge < -0.3 is 20.0 Å². The van der Waals surface area contributed by atoms with Crippen LogP contribution in [0.15, 0.2) is 28.7 Å². The van der Waals surface area contributed by atoms with Gasteiger partial charge in [0.2, 0.25) is 5.91 Å². The molecular weight excluding hydrogens is 375 g/mol. The lowest BCUT2D eigenvalue weighted by Gasteiger charge is -2.36. The highest BCUT2D eigenvalue weighted by atomic mass is 35.5. The second kappa shape index (κ2) is 8.93. The van der Waals surface area contributed by atoms with E-state index < -0.39 is 0 Å². The van der Waals surface area contributed by atoms with Crippen molar-refractivity contribution in [1.82, 2.24) is 9.88 Å². The van der Waals surface area contributed by atoms with Gasteiger partial charge in [-0.25, -0.2) is 0 Å². The highest BCUT2D eigenvalue weighted by Gasteiger charge is 2.36. The SMILES string of the molecule is Cl.Cl.NC[C@H]1CCC[C@H]1C(=O)N1CCN(c2nc3ccccc3o2)CC1. The van der Waals surface area contributed by atoms with E-state index in [4.69, 9.17) is 10.2 Å². The maximum absolute atomic E-state index is 12.8. The van der Waals surface area contributed by atoms with Gasteiger partial charge in [-0.15, -0.1) is 24.8 Å². The third-order valence-electron chi connectivity index (χ3n) is 5.42. The van der Waals surface area contributed by atoms with Crippen molar-refractivity contribution in [2.24, 2.45) is 17.6 Å². The molecule has 0 spiro atoms. The fourth-order valence-electron chi connectivity index (χ4n) is 3.99. The van der Waals surface area contributed by atoms with Crippen molar-refractivity contribution >= 4 is 47.8 Å². The quantitative estimate of drug-likeness (QED) is 0.856. The summed E-state index contributed by atoms with van der Waals surface area (Å²) < 4.78 is 5.83. The van der Waals surface area contributed by atoms with Crippen LogP contribution in [0.3, 0.4) is 0 Å². The van der Waals surface area contributed by atoms with Gasteiger partial charge in [0.05, 0.1) is 0 Å². The van der Waals surface area contributed by atoms with Crippen LogP contribution >= 0.6 is 24.8 Å². The zero-order chi connectivity index (χ0) is 16.5. The van der Waals surface area contributed by atoms with E-state index in [1.165, 1.54) is 0 Å². The van der Waals surface area contributed by atoms with Gasteiger partial charge in [0, 0.05) is 32.1 Å². The van der Waals surface area contributed by atoms with Gasteiger partial charge in [0.25, 0.3) is 6.01 Å². The fraction of sp³-hybridized carbons (Fsp3) is 0.556. The minimum absolute atomic E-state index is 0. The van der Waals surface area contributed by atoms with Crippen LogP contribution in [0, 0.1) is 11.8 Å². The first-order valence-electron chi connectivity index (χ1n) is 8.85. The molecule has 2 N–H and O–H groups in total. The highest BCUT2D eigenvalue weighted by Crippen LogP contribution is 2.33. The molecule has 4 rings (SSSR count). The fourth-order valence-corrected chi connectivity index (χ4v) is 3.99. The molecule has 1 aromatic carbocycles. The summed E-state index contributed by atoms with van der Waals surface area (Å²) in [6, 6.07) is 8.45. The first kappa shape index (κ1) is 20.8. The molecule has 1 aromatic heterocycles. The zero-order valence-corrected chi connectivity index (χ0v) is 16.3. The van der Waals surface area contributed by atoms with E-state index in [-0.39, 0.29) is 30.7 Å². The maximum Gasteiger partial charge on any atom is 0.298 e. The Hall–Kier alpha value is -1.50. The molecule has 2 aromatic rings. The number of rotatable bonds is 3. The number of piperazine rings is 1. The van der Waals surface area contributed by atoms with Crippen LogP contribution in [0.25, 0.3) is 11.1 Å². The number of amides is 1. The summed E-state index contributed by atoms with van der Waals surface area (Å²) in [7, 11) is 0. The summed E-state index contributed by atoms with van der Waals surface area (Å²) >= 11 is 0. The number of nitrogens with zero attached hydrogens (tertiary/aromatic N) is 3. The lowest BCUT2D eigenvalue weighted by molar-refractivity contribution is -0.136. The number of aromatic nitrogens is 1. The van der Waals surface area contributed by atoms with Gasteiger partial charge in [0.1, 0.15) is 5.52 Å². The van der Waals surface area contributed by atoms with Crippen molar-refractivity contribution in [3.8, 4) is 0 Å². The Bertz CT molecular complexity index is 698. The summed E-state index contributed by atoms with van der Waals surface area (Å²) in [5.74, 6) is 0.790. The van der Waals surface area contributed by atoms with Gasteiger partial charge in [-0.2, -0.15) is 4.98 Å². The van der Waals surface area contributed by atoms with Gasteiger partial charge in [-0.05, 0) is 37.4 Å². The molecule has 2 heterocycles. The molecule has 1 aliphatic carbocycles. The van der Waals surface area contributed by atoms with Crippen LogP contribution in [0.4, 0.5) is 6.01 Å². The number of nitrogens with two attached hydrogens (primary N) is 1. The molecule has 2 atom stereocenters. The Morgan fingerprint density at radius 1 is 1.15 bits per heavy atom. The van der Waals surface area contributed by atoms with Crippen LogP contribution < -0.4 is 10.6 Å². The van der Waals surface area contributed by atoms with Crippen molar-refractivity contribution in [3.63, 3.8) is 0 Å². The number of carbonyl (C=O) groups is 1. The number of halogens is 2. The molecule has 1 amide bonds. The van der Waals surface area contributed by atoms with Gasteiger partial charge in [0.15, 0.2) is 5.58 Å². The number of hydrogen-bond donors (Lipinski definition) is 1. The standard InChI is InChI=1S/C18H24N4O2.2ClH/c19-12-13-4-3-5-14(13)17(23)21-8-10-22(11-9-21)18-20-15-6-1-2-7-16(15)24-18;;/h1-2,6-7,13-14H,3-5,8-12,19H2;2*1H/t13-,14-;;/m1../s1. The number of carbonyl (C=O) groups excluding carboxylic acids is 1. The molecule has 0 bridgehead atoms. The first-order chi connectivity index (χ1) is 11.8. The lowest BCUT2D eigenvalue weighted by Crippen LogP contribution is -2.51. The minimum atomic E-state index is 0. The third-order valence-corrected chi connectivity index (χ3v) is 5.42. The molecule has 26 heavy (non-hydrogen) atoms. The Balaban J connectivity index is 0.00000121. The second-order valence-electron chi connectivity index (χ2n) is 6.81. The van der Waals surface area contributed by atoms with Crippen LogP contribution in [0.2, 0.25) is 0 Å². The second-order valence-corrected chi connectivity index (χ2v) is 6.81. The van der Waals surface area contributed by atoms with Gasteiger partial charge in [-0.3, -0.25) is 4.79 Å². The molecule has 144 valence electrons. The number of anilines is 1. The number of fused-ring (bicyclic) bond motifs is 1. The molecular formula is C18H26Cl2N4O2. The smallest absolute Gasteiger partial charge is 0.298 e. The number of hydrogen-bond acceptors (Lipinski definition) is 5. The van der Waals surface area contributed by atoms with E-state index in [1.54, 1.807) is 0 Å². The van der Waals surface area contributed by atoms with Gasteiger partial charge in [-0.1, -0.05) is 18.6 Å². The average Bonchev–Trinajstić information content (AvgIpc) is 3.27. The largest absolute Gasteiger partial charge is 0.423 e. The van der Waals surface area contributed by atoms with Crippen molar-refractivity contribution in [2.75, 3.05) is 37.6 Å². The minimum Gasteiger partial charge on any atom is -0.423 e. The van der Waals surface area contributed by atoms with Crippen molar-refractivity contribution in [3.05, 3.63) is 24.3 Å².